The standard InChI is InChI=1S/C46H28N4S/c1-4-12-29(13-5-1)30-20-22-33(23-21-30)45-48-44(32-16-8-3-9-17-32)49-46(50-45)34-24-26-39-37(28-34)41-40(51-39)27-25-36-35-18-10-11-19-38(35)47-43(42(36)41)31-14-6-2-7-15-31/h1-28H. The molecule has 3 aromatic heterocycles. The third-order valence-corrected chi connectivity index (χ3v) is 10.7. The van der Waals surface area contributed by atoms with Gasteiger partial charge in [0.15, 0.2) is 17.5 Å². The Bertz CT molecular complexity index is 2890. The van der Waals surface area contributed by atoms with Gasteiger partial charge in [-0.3, -0.25) is 0 Å². The maximum absolute atomic E-state index is 5.28. The molecule has 0 aliphatic rings. The molecule has 0 bridgehead atoms. The van der Waals surface area contributed by atoms with Gasteiger partial charge in [-0.25, -0.2) is 19.9 Å². The lowest BCUT2D eigenvalue weighted by molar-refractivity contribution is 1.07. The van der Waals surface area contributed by atoms with Gasteiger partial charge in [0.2, 0.25) is 0 Å². The van der Waals surface area contributed by atoms with Crippen LogP contribution in [0.3, 0.4) is 0 Å². The fraction of sp³-hybridized carbons (Fsp3) is 0. The van der Waals surface area contributed by atoms with E-state index < -0.39 is 0 Å². The van der Waals surface area contributed by atoms with E-state index in [4.69, 9.17) is 19.9 Å². The molecule has 10 aromatic rings. The van der Waals surface area contributed by atoms with Gasteiger partial charge in [-0.1, -0.05) is 140 Å². The number of fused-ring (bicyclic) bond motifs is 7. The average molecular weight is 669 g/mol. The third-order valence-electron chi connectivity index (χ3n) is 9.52. The van der Waals surface area contributed by atoms with Gasteiger partial charge in [-0.15, -0.1) is 11.3 Å². The summed E-state index contributed by atoms with van der Waals surface area (Å²) >= 11 is 1.81. The molecule has 51 heavy (non-hydrogen) atoms. The molecule has 0 saturated heterocycles. The zero-order chi connectivity index (χ0) is 33.7. The molecule has 0 spiro atoms. The van der Waals surface area contributed by atoms with E-state index in [-0.39, 0.29) is 0 Å². The van der Waals surface area contributed by atoms with E-state index in [1.54, 1.807) is 0 Å². The first-order valence-corrected chi connectivity index (χ1v) is 17.8. The van der Waals surface area contributed by atoms with Crippen LogP contribution in [0.25, 0.3) is 98.4 Å². The fourth-order valence-corrected chi connectivity index (χ4v) is 8.15. The Labute approximate surface area is 298 Å². The molecule has 5 heteroatoms. The summed E-state index contributed by atoms with van der Waals surface area (Å²) < 4.78 is 2.44. The second kappa shape index (κ2) is 12.1. The Balaban J connectivity index is 1.20. The minimum atomic E-state index is 0.638. The van der Waals surface area contributed by atoms with Crippen LogP contribution in [0.4, 0.5) is 0 Å². The highest BCUT2D eigenvalue weighted by molar-refractivity contribution is 7.26. The van der Waals surface area contributed by atoms with Gasteiger partial charge in [0.1, 0.15) is 0 Å². The van der Waals surface area contributed by atoms with Gasteiger partial charge in [0, 0.05) is 53.2 Å². The molecule has 0 saturated carbocycles. The summed E-state index contributed by atoms with van der Waals surface area (Å²) in [5, 5.41) is 5.89. The van der Waals surface area contributed by atoms with Crippen LogP contribution in [-0.2, 0) is 0 Å². The van der Waals surface area contributed by atoms with Crippen LogP contribution in [0.5, 0.6) is 0 Å². The predicted molar refractivity (Wildman–Crippen MR) is 213 cm³/mol. The SMILES string of the molecule is c1ccc(-c2ccc(-c3nc(-c4ccccc4)nc(-c4ccc5sc6ccc7c8ccccc8nc(-c8ccccc8)c7c6c5c4)n3)cc2)cc1. The van der Waals surface area contributed by atoms with Crippen molar-refractivity contribution in [3.8, 4) is 56.5 Å². The highest BCUT2D eigenvalue weighted by Gasteiger charge is 2.19. The Morgan fingerprint density at radius 2 is 0.824 bits per heavy atom. The number of nitrogens with zero attached hydrogens (tertiary/aromatic N) is 4. The van der Waals surface area contributed by atoms with Gasteiger partial charge in [0.25, 0.3) is 0 Å². The van der Waals surface area contributed by atoms with Crippen LogP contribution in [-0.4, -0.2) is 19.9 Å². The molecule has 0 amide bonds. The van der Waals surface area contributed by atoms with Gasteiger partial charge < -0.3 is 0 Å². The summed E-state index contributed by atoms with van der Waals surface area (Å²) in [5.41, 5.74) is 8.24. The molecule has 4 nitrogen and oxygen atoms in total. The summed E-state index contributed by atoms with van der Waals surface area (Å²) in [6.45, 7) is 0. The number of benzene rings is 7. The largest absolute Gasteiger partial charge is 0.247 e. The molecule has 0 atom stereocenters. The molecular formula is C46H28N4S. The highest BCUT2D eigenvalue weighted by Crippen LogP contribution is 2.44. The Morgan fingerprint density at radius 1 is 0.314 bits per heavy atom. The molecule has 0 radical (unpaired) electrons. The summed E-state index contributed by atoms with van der Waals surface area (Å²) in [4.78, 5) is 20.5. The number of hydrogen-bond acceptors (Lipinski definition) is 5. The predicted octanol–water partition coefficient (Wildman–Crippen LogP) is 12.3. The summed E-state index contributed by atoms with van der Waals surface area (Å²) in [7, 11) is 0. The van der Waals surface area contributed by atoms with Crippen LogP contribution >= 0.6 is 11.3 Å². The van der Waals surface area contributed by atoms with Crippen molar-refractivity contribution in [1.29, 1.82) is 0 Å². The normalized spacial score (nSPS) is 11.5. The second-order valence-corrected chi connectivity index (χ2v) is 13.7. The first-order chi connectivity index (χ1) is 25.3. The minimum Gasteiger partial charge on any atom is -0.247 e. The molecule has 0 aliphatic carbocycles. The van der Waals surface area contributed by atoms with E-state index in [2.05, 4.69) is 133 Å². The first-order valence-electron chi connectivity index (χ1n) is 17.0. The Hall–Kier alpha value is -6.56. The quantitative estimate of drug-likeness (QED) is 0.171. The molecule has 0 N–H and O–H groups in total. The van der Waals surface area contributed by atoms with E-state index >= 15 is 0 Å². The first kappa shape index (κ1) is 29.4. The zero-order valence-electron chi connectivity index (χ0n) is 27.4. The number of thiophene rings is 1. The average Bonchev–Trinajstić information content (AvgIpc) is 3.60. The maximum Gasteiger partial charge on any atom is 0.164 e. The molecule has 0 unspecified atom stereocenters. The number of pyridine rings is 1. The lowest BCUT2D eigenvalue weighted by atomic mass is 9.95. The second-order valence-electron chi connectivity index (χ2n) is 12.6. The third kappa shape index (κ3) is 5.14. The summed E-state index contributed by atoms with van der Waals surface area (Å²) in [5.74, 6) is 1.92. The van der Waals surface area contributed by atoms with Crippen LogP contribution in [0.2, 0.25) is 0 Å². The number of rotatable bonds is 5. The summed E-state index contributed by atoms with van der Waals surface area (Å²) in [6, 6.07) is 59.1. The molecule has 238 valence electrons. The molecule has 0 aliphatic heterocycles. The van der Waals surface area contributed by atoms with Crippen LogP contribution in [0.1, 0.15) is 0 Å². The number of para-hydroxylation sites is 1. The maximum atomic E-state index is 5.28. The smallest absolute Gasteiger partial charge is 0.164 e. The van der Waals surface area contributed by atoms with Crippen molar-refractivity contribution in [2.45, 2.75) is 0 Å². The van der Waals surface area contributed by atoms with Crippen molar-refractivity contribution in [2.75, 3.05) is 0 Å². The van der Waals surface area contributed by atoms with Gasteiger partial charge in [-0.2, -0.15) is 0 Å². The van der Waals surface area contributed by atoms with E-state index in [9.17, 15) is 0 Å². The van der Waals surface area contributed by atoms with Crippen molar-refractivity contribution in [3.63, 3.8) is 0 Å². The minimum absolute atomic E-state index is 0.638. The van der Waals surface area contributed by atoms with E-state index in [1.807, 2.05) is 47.7 Å². The molecular weight excluding hydrogens is 641 g/mol. The number of aromatic nitrogens is 4. The Kier molecular flexibility index (Phi) is 6.96. The van der Waals surface area contributed by atoms with Crippen molar-refractivity contribution >= 4 is 53.2 Å². The van der Waals surface area contributed by atoms with E-state index in [0.29, 0.717) is 17.5 Å². The van der Waals surface area contributed by atoms with Crippen LogP contribution in [0.15, 0.2) is 170 Å². The monoisotopic (exact) mass is 668 g/mol. The van der Waals surface area contributed by atoms with Crippen molar-refractivity contribution < 1.29 is 0 Å². The highest BCUT2D eigenvalue weighted by atomic mass is 32.1. The van der Waals surface area contributed by atoms with Gasteiger partial charge >= 0.3 is 0 Å². The van der Waals surface area contributed by atoms with Crippen LogP contribution < -0.4 is 0 Å². The van der Waals surface area contributed by atoms with Crippen molar-refractivity contribution in [2.24, 2.45) is 0 Å². The van der Waals surface area contributed by atoms with Crippen molar-refractivity contribution in [1.82, 2.24) is 19.9 Å². The molecule has 7 aromatic carbocycles. The number of hydrogen-bond donors (Lipinski definition) is 0. The lowest BCUT2D eigenvalue weighted by Crippen LogP contribution is -2.00. The van der Waals surface area contributed by atoms with Gasteiger partial charge in [-0.05, 0) is 46.8 Å². The van der Waals surface area contributed by atoms with Crippen LogP contribution in [0, 0.1) is 0 Å². The zero-order valence-corrected chi connectivity index (χ0v) is 28.2. The Morgan fingerprint density at radius 3 is 1.53 bits per heavy atom. The molecule has 10 rings (SSSR count). The topological polar surface area (TPSA) is 51.6 Å². The van der Waals surface area contributed by atoms with Gasteiger partial charge in [0.05, 0.1) is 11.2 Å². The molecule has 3 heterocycles. The lowest BCUT2D eigenvalue weighted by Gasteiger charge is -2.12. The fourth-order valence-electron chi connectivity index (χ4n) is 7.05. The summed E-state index contributed by atoms with van der Waals surface area (Å²) in [6.07, 6.45) is 0. The van der Waals surface area contributed by atoms with Crippen molar-refractivity contribution in [3.05, 3.63) is 170 Å². The van der Waals surface area contributed by atoms with E-state index in [0.717, 1.165) is 44.4 Å². The molecule has 0 fully saturated rings. The van der Waals surface area contributed by atoms with E-state index in [1.165, 1.54) is 36.5 Å².